The molecule has 3 heteroatoms. The second kappa shape index (κ2) is 11.9. The summed E-state index contributed by atoms with van der Waals surface area (Å²) in [5.41, 5.74) is 15.6. The zero-order valence-corrected chi connectivity index (χ0v) is 18.7. The second-order valence-corrected chi connectivity index (χ2v) is 9.09. The summed E-state index contributed by atoms with van der Waals surface area (Å²) in [4.78, 5) is 0. The fraction of sp³-hybridized carbons (Fsp3) is 0.556. The lowest BCUT2D eigenvalue weighted by Gasteiger charge is -2.29. The van der Waals surface area contributed by atoms with Crippen LogP contribution in [0, 0.1) is 5.92 Å². The molecule has 0 aliphatic heterocycles. The molecule has 0 heterocycles. The van der Waals surface area contributed by atoms with E-state index in [4.69, 9.17) is 16.2 Å². The van der Waals surface area contributed by atoms with Crippen LogP contribution in [0.3, 0.4) is 0 Å². The first-order valence-electron chi connectivity index (χ1n) is 12.0. The number of ether oxygens (including phenoxy) is 1. The van der Waals surface area contributed by atoms with Gasteiger partial charge < -0.3 is 16.2 Å². The van der Waals surface area contributed by atoms with Crippen LogP contribution in [0.4, 0.5) is 11.4 Å². The first kappa shape index (κ1) is 22.5. The Morgan fingerprint density at radius 3 is 2.23 bits per heavy atom. The van der Waals surface area contributed by atoms with Gasteiger partial charge in [0, 0.05) is 16.9 Å². The van der Waals surface area contributed by atoms with Crippen LogP contribution in [0.5, 0.6) is 5.75 Å². The van der Waals surface area contributed by atoms with Crippen molar-refractivity contribution in [1.29, 1.82) is 0 Å². The zero-order valence-electron chi connectivity index (χ0n) is 18.7. The Balaban J connectivity index is 1.38. The number of rotatable bonds is 11. The molecule has 0 bridgehead atoms. The van der Waals surface area contributed by atoms with Crippen LogP contribution in [-0.4, -0.2) is 0 Å². The Bertz CT molecular complexity index is 748. The van der Waals surface area contributed by atoms with Crippen molar-refractivity contribution in [3.63, 3.8) is 0 Å². The average molecular weight is 409 g/mol. The van der Waals surface area contributed by atoms with Crippen molar-refractivity contribution in [2.24, 2.45) is 5.92 Å². The summed E-state index contributed by atoms with van der Waals surface area (Å²) in [5, 5.41) is 0. The van der Waals surface area contributed by atoms with E-state index in [1.165, 1.54) is 76.2 Å². The summed E-state index contributed by atoms with van der Waals surface area (Å²) >= 11 is 0. The predicted molar refractivity (Wildman–Crippen MR) is 129 cm³/mol. The SMILES string of the molecule is CCCCCCCCC1CCC(c2ccc(OCc3ccc(N)cc3N)cc2)CC1. The lowest BCUT2D eigenvalue weighted by atomic mass is 9.77. The van der Waals surface area contributed by atoms with Gasteiger partial charge in [-0.3, -0.25) is 0 Å². The Morgan fingerprint density at radius 2 is 1.53 bits per heavy atom. The van der Waals surface area contributed by atoms with Gasteiger partial charge in [0.15, 0.2) is 0 Å². The number of nitrogen functional groups attached to an aromatic ring is 2. The van der Waals surface area contributed by atoms with Crippen LogP contribution in [0.1, 0.15) is 94.6 Å². The maximum Gasteiger partial charge on any atom is 0.119 e. The van der Waals surface area contributed by atoms with E-state index >= 15 is 0 Å². The molecule has 0 unspecified atom stereocenters. The number of hydrogen-bond donors (Lipinski definition) is 2. The van der Waals surface area contributed by atoms with Gasteiger partial charge >= 0.3 is 0 Å². The van der Waals surface area contributed by atoms with Gasteiger partial charge in [-0.05, 0) is 67.3 Å². The summed E-state index contributed by atoms with van der Waals surface area (Å²) in [6.07, 6.45) is 15.4. The number of unbranched alkanes of at least 4 members (excludes halogenated alkanes) is 5. The molecule has 2 aromatic carbocycles. The highest BCUT2D eigenvalue weighted by atomic mass is 16.5. The highest BCUT2D eigenvalue weighted by Gasteiger charge is 2.22. The molecule has 0 atom stereocenters. The molecule has 1 saturated carbocycles. The molecule has 30 heavy (non-hydrogen) atoms. The predicted octanol–water partition coefficient (Wildman–Crippen LogP) is 7.45. The minimum Gasteiger partial charge on any atom is -0.489 e. The molecule has 0 spiro atoms. The van der Waals surface area contributed by atoms with E-state index in [2.05, 4.69) is 31.2 Å². The van der Waals surface area contributed by atoms with Crippen molar-refractivity contribution < 1.29 is 4.74 Å². The van der Waals surface area contributed by atoms with Crippen LogP contribution in [0.2, 0.25) is 0 Å². The maximum atomic E-state index is 6.02. The van der Waals surface area contributed by atoms with Crippen LogP contribution in [0.15, 0.2) is 42.5 Å². The van der Waals surface area contributed by atoms with Gasteiger partial charge in [-0.1, -0.05) is 70.1 Å². The van der Waals surface area contributed by atoms with Crippen molar-refractivity contribution in [3.05, 3.63) is 53.6 Å². The second-order valence-electron chi connectivity index (χ2n) is 9.09. The molecule has 0 amide bonds. The van der Waals surface area contributed by atoms with E-state index in [0.29, 0.717) is 23.9 Å². The van der Waals surface area contributed by atoms with E-state index in [9.17, 15) is 0 Å². The summed E-state index contributed by atoms with van der Waals surface area (Å²) < 4.78 is 5.93. The largest absolute Gasteiger partial charge is 0.489 e. The Morgan fingerprint density at radius 1 is 0.833 bits per heavy atom. The number of anilines is 2. The fourth-order valence-electron chi connectivity index (χ4n) is 4.74. The monoisotopic (exact) mass is 408 g/mol. The van der Waals surface area contributed by atoms with E-state index in [0.717, 1.165) is 17.2 Å². The van der Waals surface area contributed by atoms with Crippen molar-refractivity contribution in [2.75, 3.05) is 11.5 Å². The first-order chi connectivity index (χ1) is 14.7. The molecule has 0 aromatic heterocycles. The highest BCUT2D eigenvalue weighted by molar-refractivity contribution is 5.56. The molecule has 3 rings (SSSR count). The molecule has 2 aromatic rings. The third-order valence-corrected chi connectivity index (χ3v) is 6.73. The summed E-state index contributed by atoms with van der Waals surface area (Å²) in [5.74, 6) is 2.57. The molecular formula is C27H40N2O. The van der Waals surface area contributed by atoms with E-state index < -0.39 is 0 Å². The minimum atomic E-state index is 0.467. The van der Waals surface area contributed by atoms with Crippen LogP contribution >= 0.6 is 0 Å². The van der Waals surface area contributed by atoms with Crippen molar-refractivity contribution in [1.82, 2.24) is 0 Å². The third kappa shape index (κ3) is 6.97. The molecule has 0 radical (unpaired) electrons. The van der Waals surface area contributed by atoms with Crippen LogP contribution in [0.25, 0.3) is 0 Å². The van der Waals surface area contributed by atoms with Crippen molar-refractivity contribution in [3.8, 4) is 5.75 Å². The van der Waals surface area contributed by atoms with E-state index in [-0.39, 0.29) is 0 Å². The first-order valence-corrected chi connectivity index (χ1v) is 12.0. The highest BCUT2D eigenvalue weighted by Crippen LogP contribution is 2.38. The van der Waals surface area contributed by atoms with Crippen LogP contribution < -0.4 is 16.2 Å². The smallest absolute Gasteiger partial charge is 0.119 e. The Labute approximate surface area is 183 Å². The van der Waals surface area contributed by atoms with Gasteiger partial charge in [0.25, 0.3) is 0 Å². The van der Waals surface area contributed by atoms with Gasteiger partial charge in [0.1, 0.15) is 12.4 Å². The molecule has 1 fully saturated rings. The molecule has 4 N–H and O–H groups in total. The lowest BCUT2D eigenvalue weighted by molar-refractivity contribution is 0.299. The molecular weight excluding hydrogens is 368 g/mol. The topological polar surface area (TPSA) is 61.3 Å². The van der Waals surface area contributed by atoms with Gasteiger partial charge in [-0.25, -0.2) is 0 Å². The van der Waals surface area contributed by atoms with Gasteiger partial charge in [0.2, 0.25) is 0 Å². The van der Waals surface area contributed by atoms with E-state index in [1.807, 2.05) is 12.1 Å². The van der Waals surface area contributed by atoms with Gasteiger partial charge in [0.05, 0.1) is 0 Å². The summed E-state index contributed by atoms with van der Waals surface area (Å²) in [7, 11) is 0. The third-order valence-electron chi connectivity index (χ3n) is 6.73. The maximum absolute atomic E-state index is 6.02. The summed E-state index contributed by atoms with van der Waals surface area (Å²) in [6, 6.07) is 14.3. The minimum absolute atomic E-state index is 0.467. The van der Waals surface area contributed by atoms with Crippen molar-refractivity contribution in [2.45, 2.75) is 90.1 Å². The molecule has 1 aliphatic rings. The molecule has 0 saturated heterocycles. The van der Waals surface area contributed by atoms with Gasteiger partial charge in [-0.2, -0.15) is 0 Å². The molecule has 164 valence electrons. The standard InChI is InChI=1S/C27H40N2O/c1-2-3-4-5-6-7-8-21-9-11-22(12-10-21)23-14-17-26(18-15-23)30-20-24-13-16-25(28)19-27(24)29/h13-19,21-22H,2-12,20,28-29H2,1H3. The summed E-state index contributed by atoms with van der Waals surface area (Å²) in [6.45, 7) is 2.76. The lowest BCUT2D eigenvalue weighted by Crippen LogP contribution is -2.13. The van der Waals surface area contributed by atoms with Gasteiger partial charge in [-0.15, -0.1) is 0 Å². The fourth-order valence-corrected chi connectivity index (χ4v) is 4.74. The normalized spacial score (nSPS) is 19.0. The zero-order chi connectivity index (χ0) is 21.2. The quantitative estimate of drug-likeness (QED) is 0.300. The van der Waals surface area contributed by atoms with E-state index in [1.54, 1.807) is 6.07 Å². The Hall–Kier alpha value is -2.16. The number of benzene rings is 2. The number of hydrogen-bond acceptors (Lipinski definition) is 3. The Kier molecular flexibility index (Phi) is 8.92. The van der Waals surface area contributed by atoms with Crippen LogP contribution in [-0.2, 0) is 6.61 Å². The molecule has 1 aliphatic carbocycles. The average Bonchev–Trinajstić information content (AvgIpc) is 2.76. The number of nitrogens with two attached hydrogens (primary N) is 2. The molecule has 3 nitrogen and oxygen atoms in total. The van der Waals surface area contributed by atoms with Crippen molar-refractivity contribution >= 4 is 11.4 Å².